The number of likely N-dealkylation sites (tertiary alicyclic amines) is 1. The lowest BCUT2D eigenvalue weighted by Gasteiger charge is -2.26. The van der Waals surface area contributed by atoms with Crippen molar-refractivity contribution in [1.29, 1.82) is 0 Å². The van der Waals surface area contributed by atoms with Crippen molar-refractivity contribution >= 4 is 11.0 Å². The van der Waals surface area contributed by atoms with Crippen LogP contribution in [0.3, 0.4) is 0 Å². The molecule has 2 N–H and O–H groups in total. The van der Waals surface area contributed by atoms with Gasteiger partial charge in [-0.3, -0.25) is 20.0 Å². The molecule has 35 heavy (non-hydrogen) atoms. The number of imidazole rings is 1. The quantitative estimate of drug-likeness (QED) is 0.361. The molecule has 1 aromatic carbocycles. The van der Waals surface area contributed by atoms with E-state index in [1.54, 1.807) is 30.7 Å². The van der Waals surface area contributed by atoms with Crippen LogP contribution in [0, 0.1) is 11.6 Å². The molecule has 0 amide bonds. The molecule has 7 nitrogen and oxygen atoms in total. The number of hydrogen-bond donors (Lipinski definition) is 2. The average molecular weight is 472 g/mol. The van der Waals surface area contributed by atoms with Crippen LogP contribution in [0.25, 0.3) is 44.9 Å². The largest absolute Gasteiger partial charge is 0.335 e. The van der Waals surface area contributed by atoms with Crippen LogP contribution in [0.15, 0.2) is 55.1 Å². The number of rotatable bonds is 5. The van der Waals surface area contributed by atoms with Gasteiger partial charge in [0, 0.05) is 36.3 Å². The fourth-order valence-electron chi connectivity index (χ4n) is 4.65. The molecule has 4 aromatic heterocycles. The molecule has 176 valence electrons. The number of pyridine rings is 2. The lowest BCUT2D eigenvalue weighted by Crippen LogP contribution is -2.29. The third-order valence-corrected chi connectivity index (χ3v) is 6.42. The molecule has 1 aliphatic rings. The summed E-state index contributed by atoms with van der Waals surface area (Å²) in [5.41, 5.74) is 4.75. The topological polar surface area (TPSA) is 86.4 Å². The van der Waals surface area contributed by atoms with Gasteiger partial charge in [0.1, 0.15) is 17.2 Å². The van der Waals surface area contributed by atoms with Gasteiger partial charge in [0.15, 0.2) is 11.6 Å². The maximum atomic E-state index is 15.5. The lowest BCUT2D eigenvalue weighted by molar-refractivity contribution is 0.220. The molecular weight excluding hydrogens is 448 g/mol. The van der Waals surface area contributed by atoms with E-state index in [2.05, 4.69) is 35.0 Å². The Morgan fingerprint density at radius 1 is 0.886 bits per heavy atom. The summed E-state index contributed by atoms with van der Waals surface area (Å²) in [6.07, 6.45) is 10.4. The average Bonchev–Trinajstić information content (AvgIpc) is 3.48. The van der Waals surface area contributed by atoms with Crippen LogP contribution < -0.4 is 0 Å². The predicted octanol–water partition coefficient (Wildman–Crippen LogP) is 5.34. The van der Waals surface area contributed by atoms with Gasteiger partial charge in [0.2, 0.25) is 0 Å². The van der Waals surface area contributed by atoms with Crippen LogP contribution in [0.4, 0.5) is 8.78 Å². The zero-order valence-corrected chi connectivity index (χ0v) is 18.9. The molecule has 0 radical (unpaired) electrons. The molecule has 5 heterocycles. The number of H-pyrrole nitrogens is 2. The molecule has 9 heteroatoms. The number of fused-ring (bicyclic) bond motifs is 1. The predicted molar refractivity (Wildman–Crippen MR) is 129 cm³/mol. The van der Waals surface area contributed by atoms with Gasteiger partial charge < -0.3 is 4.98 Å². The Bertz CT molecular complexity index is 1480. The van der Waals surface area contributed by atoms with Crippen LogP contribution >= 0.6 is 0 Å². The van der Waals surface area contributed by atoms with Gasteiger partial charge in [-0.05, 0) is 55.3 Å². The van der Waals surface area contributed by atoms with Crippen LogP contribution in [-0.2, 0) is 6.54 Å². The molecular formula is C26H23F2N7. The van der Waals surface area contributed by atoms with E-state index in [1.165, 1.54) is 31.4 Å². The summed E-state index contributed by atoms with van der Waals surface area (Å²) < 4.78 is 28.9. The standard InChI is InChI=1S/C26H23F2N7/c27-19-6-4-17(5-7-19)20-13-30-14-21-24(20)32-26(31-21)25-22(28)23(33-34-25)18-10-16(11-29-12-18)15-35-8-2-1-3-9-35/h4-7,10-14H,1-3,8-9,15H2,(H,31,32)(H,33,34). The minimum atomic E-state index is -0.503. The van der Waals surface area contributed by atoms with Crippen molar-refractivity contribution in [2.75, 3.05) is 13.1 Å². The molecule has 1 saturated heterocycles. The smallest absolute Gasteiger partial charge is 0.180 e. The Morgan fingerprint density at radius 3 is 2.51 bits per heavy atom. The molecule has 0 spiro atoms. The zero-order valence-electron chi connectivity index (χ0n) is 18.9. The highest BCUT2D eigenvalue weighted by Crippen LogP contribution is 2.32. The number of aromatic nitrogens is 6. The summed E-state index contributed by atoms with van der Waals surface area (Å²) in [6.45, 7) is 2.94. The van der Waals surface area contributed by atoms with Gasteiger partial charge in [0.25, 0.3) is 0 Å². The van der Waals surface area contributed by atoms with Crippen LogP contribution in [-0.4, -0.2) is 48.1 Å². The maximum Gasteiger partial charge on any atom is 0.180 e. The van der Waals surface area contributed by atoms with Gasteiger partial charge in [-0.15, -0.1) is 0 Å². The number of hydrogen-bond acceptors (Lipinski definition) is 5. The molecule has 5 aromatic rings. The summed E-state index contributed by atoms with van der Waals surface area (Å²) in [5.74, 6) is -0.513. The van der Waals surface area contributed by atoms with Crippen molar-refractivity contribution < 1.29 is 8.78 Å². The van der Waals surface area contributed by atoms with E-state index in [0.717, 1.165) is 36.3 Å². The second-order valence-corrected chi connectivity index (χ2v) is 8.86. The second-order valence-electron chi connectivity index (χ2n) is 8.86. The van der Waals surface area contributed by atoms with E-state index >= 15 is 4.39 Å². The van der Waals surface area contributed by atoms with Gasteiger partial charge >= 0.3 is 0 Å². The molecule has 0 bridgehead atoms. The summed E-state index contributed by atoms with van der Waals surface area (Å²) >= 11 is 0. The third-order valence-electron chi connectivity index (χ3n) is 6.42. The summed E-state index contributed by atoms with van der Waals surface area (Å²) in [7, 11) is 0. The van der Waals surface area contributed by atoms with E-state index in [0.29, 0.717) is 22.4 Å². The fourth-order valence-corrected chi connectivity index (χ4v) is 4.65. The Labute approximate surface area is 200 Å². The Hall–Kier alpha value is -3.98. The van der Waals surface area contributed by atoms with E-state index in [9.17, 15) is 4.39 Å². The van der Waals surface area contributed by atoms with E-state index < -0.39 is 5.82 Å². The monoisotopic (exact) mass is 471 g/mol. The Morgan fingerprint density at radius 2 is 1.69 bits per heavy atom. The van der Waals surface area contributed by atoms with Crippen molar-refractivity contribution in [1.82, 2.24) is 35.0 Å². The minimum absolute atomic E-state index is 0.155. The molecule has 0 aliphatic carbocycles. The highest BCUT2D eigenvalue weighted by atomic mass is 19.1. The molecule has 6 rings (SSSR count). The third kappa shape index (κ3) is 4.19. The van der Waals surface area contributed by atoms with Gasteiger partial charge in [-0.2, -0.15) is 5.10 Å². The Kier molecular flexibility index (Phi) is 5.54. The normalized spacial score (nSPS) is 14.6. The van der Waals surface area contributed by atoms with Gasteiger partial charge in [-0.25, -0.2) is 13.8 Å². The van der Waals surface area contributed by atoms with Gasteiger partial charge in [0.05, 0.1) is 17.2 Å². The first-order chi connectivity index (χ1) is 17.2. The first kappa shape index (κ1) is 21.5. The lowest BCUT2D eigenvalue weighted by atomic mass is 10.1. The summed E-state index contributed by atoms with van der Waals surface area (Å²) in [4.78, 5) is 18.7. The van der Waals surface area contributed by atoms with Crippen molar-refractivity contribution in [2.45, 2.75) is 25.8 Å². The first-order valence-corrected chi connectivity index (χ1v) is 11.7. The van der Waals surface area contributed by atoms with Crippen molar-refractivity contribution in [3.63, 3.8) is 0 Å². The van der Waals surface area contributed by atoms with Crippen molar-refractivity contribution in [3.8, 4) is 33.9 Å². The summed E-state index contributed by atoms with van der Waals surface area (Å²) in [6, 6.07) is 8.05. The number of piperidine rings is 1. The molecule has 1 aliphatic heterocycles. The first-order valence-electron chi connectivity index (χ1n) is 11.7. The molecule has 1 fully saturated rings. The number of aromatic amines is 2. The maximum absolute atomic E-state index is 15.5. The van der Waals surface area contributed by atoms with E-state index in [1.807, 2.05) is 12.3 Å². The van der Waals surface area contributed by atoms with Gasteiger partial charge in [-0.1, -0.05) is 18.6 Å². The van der Waals surface area contributed by atoms with Crippen molar-refractivity contribution in [2.24, 2.45) is 0 Å². The fraction of sp³-hybridized carbons (Fsp3) is 0.231. The van der Waals surface area contributed by atoms with Crippen LogP contribution in [0.2, 0.25) is 0 Å². The number of nitrogens with one attached hydrogen (secondary N) is 2. The number of nitrogens with zero attached hydrogens (tertiary/aromatic N) is 5. The number of halogens is 2. The zero-order chi connectivity index (χ0) is 23.8. The molecule has 0 saturated carbocycles. The minimum Gasteiger partial charge on any atom is -0.335 e. The van der Waals surface area contributed by atoms with E-state index in [4.69, 9.17) is 0 Å². The molecule has 0 unspecified atom stereocenters. The van der Waals surface area contributed by atoms with Crippen LogP contribution in [0.1, 0.15) is 24.8 Å². The second kappa shape index (κ2) is 8.99. The summed E-state index contributed by atoms with van der Waals surface area (Å²) in [5, 5.41) is 7.03. The highest BCUT2D eigenvalue weighted by molar-refractivity contribution is 5.92. The van der Waals surface area contributed by atoms with Crippen LogP contribution in [0.5, 0.6) is 0 Å². The SMILES string of the molecule is Fc1ccc(-c2cncc3[nH]c(-c4[nH]nc(-c5cncc(CN6CCCCC6)c5)c4F)nc23)cc1. The molecule has 0 atom stereocenters. The Balaban J connectivity index is 1.33. The number of benzene rings is 1. The van der Waals surface area contributed by atoms with E-state index in [-0.39, 0.29) is 17.2 Å². The highest BCUT2D eigenvalue weighted by Gasteiger charge is 2.21. The van der Waals surface area contributed by atoms with Crippen molar-refractivity contribution in [3.05, 3.63) is 72.3 Å².